The minimum atomic E-state index is 0.0914. The van der Waals surface area contributed by atoms with E-state index in [4.69, 9.17) is 10.6 Å². The maximum Gasteiger partial charge on any atom is 0.120 e. The summed E-state index contributed by atoms with van der Waals surface area (Å²) in [5.41, 5.74) is 1.16. The van der Waals surface area contributed by atoms with Crippen molar-refractivity contribution < 1.29 is 4.74 Å². The Morgan fingerprint density at radius 3 is 2.81 bits per heavy atom. The SMILES string of the molecule is CC1C(OCc2ccccc2)=CC=CN1N. The van der Waals surface area contributed by atoms with Crippen LogP contribution in [-0.2, 0) is 11.3 Å². The van der Waals surface area contributed by atoms with Crippen LogP contribution in [0, 0.1) is 0 Å². The van der Waals surface area contributed by atoms with Crippen molar-refractivity contribution in [2.45, 2.75) is 19.6 Å². The Labute approximate surface area is 95.8 Å². The van der Waals surface area contributed by atoms with Gasteiger partial charge in [0.15, 0.2) is 0 Å². The summed E-state index contributed by atoms with van der Waals surface area (Å²) in [6, 6.07) is 10.2. The molecule has 1 heterocycles. The number of hydrogen-bond donors (Lipinski definition) is 1. The van der Waals surface area contributed by atoms with Gasteiger partial charge in [0.2, 0.25) is 0 Å². The van der Waals surface area contributed by atoms with Crippen molar-refractivity contribution in [2.75, 3.05) is 0 Å². The van der Waals surface area contributed by atoms with E-state index in [-0.39, 0.29) is 6.04 Å². The predicted molar refractivity (Wildman–Crippen MR) is 63.9 cm³/mol. The van der Waals surface area contributed by atoms with Crippen LogP contribution >= 0.6 is 0 Å². The van der Waals surface area contributed by atoms with Crippen LogP contribution in [0.15, 0.2) is 54.4 Å². The molecule has 2 N–H and O–H groups in total. The van der Waals surface area contributed by atoms with E-state index in [0.717, 1.165) is 11.3 Å². The zero-order valence-corrected chi connectivity index (χ0v) is 9.34. The summed E-state index contributed by atoms with van der Waals surface area (Å²) < 4.78 is 5.74. The van der Waals surface area contributed by atoms with Gasteiger partial charge in [0.25, 0.3) is 0 Å². The van der Waals surface area contributed by atoms with Crippen LogP contribution in [0.1, 0.15) is 12.5 Å². The van der Waals surface area contributed by atoms with Gasteiger partial charge in [-0.2, -0.15) is 0 Å². The molecular weight excluding hydrogens is 200 g/mol. The lowest BCUT2D eigenvalue weighted by Crippen LogP contribution is -2.37. The van der Waals surface area contributed by atoms with E-state index < -0.39 is 0 Å². The lowest BCUT2D eigenvalue weighted by molar-refractivity contribution is 0.142. The normalized spacial score (nSPS) is 19.5. The van der Waals surface area contributed by atoms with E-state index in [2.05, 4.69) is 0 Å². The Kier molecular flexibility index (Phi) is 3.27. The van der Waals surface area contributed by atoms with Crippen molar-refractivity contribution in [3.05, 3.63) is 60.0 Å². The van der Waals surface area contributed by atoms with Crippen molar-refractivity contribution in [2.24, 2.45) is 5.84 Å². The highest BCUT2D eigenvalue weighted by Gasteiger charge is 2.15. The molecule has 1 aromatic carbocycles. The van der Waals surface area contributed by atoms with Gasteiger partial charge >= 0.3 is 0 Å². The van der Waals surface area contributed by atoms with Gasteiger partial charge in [-0.05, 0) is 24.6 Å². The molecule has 0 spiro atoms. The van der Waals surface area contributed by atoms with Gasteiger partial charge in [-0.15, -0.1) is 0 Å². The molecule has 0 saturated heterocycles. The second-order valence-corrected chi connectivity index (χ2v) is 3.81. The summed E-state index contributed by atoms with van der Waals surface area (Å²) in [4.78, 5) is 0. The number of ether oxygens (including phenoxy) is 1. The van der Waals surface area contributed by atoms with E-state index in [0.29, 0.717) is 6.61 Å². The molecule has 0 aliphatic carbocycles. The fraction of sp³-hybridized carbons (Fsp3) is 0.231. The number of allylic oxidation sites excluding steroid dienone is 2. The maximum atomic E-state index is 5.76. The van der Waals surface area contributed by atoms with Gasteiger partial charge in [-0.1, -0.05) is 30.3 Å². The lowest BCUT2D eigenvalue weighted by atomic mass is 10.2. The van der Waals surface area contributed by atoms with Gasteiger partial charge in [0.05, 0.1) is 6.04 Å². The molecule has 3 heteroatoms. The van der Waals surface area contributed by atoms with E-state index >= 15 is 0 Å². The number of benzene rings is 1. The van der Waals surface area contributed by atoms with Gasteiger partial charge < -0.3 is 9.75 Å². The van der Waals surface area contributed by atoms with E-state index in [1.807, 2.05) is 55.6 Å². The third kappa shape index (κ3) is 2.44. The van der Waals surface area contributed by atoms with Crippen molar-refractivity contribution in [3.63, 3.8) is 0 Å². The summed E-state index contributed by atoms with van der Waals surface area (Å²) in [7, 11) is 0. The molecule has 84 valence electrons. The first-order valence-electron chi connectivity index (χ1n) is 5.35. The first kappa shape index (κ1) is 10.8. The molecule has 16 heavy (non-hydrogen) atoms. The van der Waals surface area contributed by atoms with Crippen LogP contribution in [0.4, 0.5) is 0 Å². The highest BCUT2D eigenvalue weighted by molar-refractivity contribution is 5.19. The second-order valence-electron chi connectivity index (χ2n) is 3.81. The Hall–Kier alpha value is -1.74. The molecule has 0 aromatic heterocycles. The number of nitrogens with zero attached hydrogens (tertiary/aromatic N) is 1. The zero-order chi connectivity index (χ0) is 11.4. The molecule has 1 aliphatic heterocycles. The summed E-state index contributed by atoms with van der Waals surface area (Å²) in [5.74, 6) is 6.66. The highest BCUT2D eigenvalue weighted by Crippen LogP contribution is 2.16. The monoisotopic (exact) mass is 216 g/mol. The van der Waals surface area contributed by atoms with Gasteiger partial charge in [0, 0.05) is 6.20 Å². The first-order valence-corrected chi connectivity index (χ1v) is 5.35. The third-order valence-corrected chi connectivity index (χ3v) is 2.63. The number of nitrogens with two attached hydrogens (primary N) is 1. The van der Waals surface area contributed by atoms with Crippen LogP contribution < -0.4 is 5.84 Å². The topological polar surface area (TPSA) is 38.5 Å². The van der Waals surface area contributed by atoms with Gasteiger partial charge in [-0.3, -0.25) is 0 Å². The Balaban J connectivity index is 1.96. The molecule has 0 amide bonds. The summed E-state index contributed by atoms with van der Waals surface area (Å²) in [6.45, 7) is 2.60. The van der Waals surface area contributed by atoms with Crippen molar-refractivity contribution >= 4 is 0 Å². The largest absolute Gasteiger partial charge is 0.491 e. The molecule has 2 rings (SSSR count). The molecule has 1 aliphatic rings. The minimum Gasteiger partial charge on any atom is -0.491 e. The molecule has 0 fully saturated rings. The lowest BCUT2D eigenvalue weighted by Gasteiger charge is -2.27. The van der Waals surface area contributed by atoms with Crippen LogP contribution in [0.5, 0.6) is 0 Å². The van der Waals surface area contributed by atoms with Gasteiger partial charge in [-0.25, -0.2) is 5.84 Å². The molecule has 0 bridgehead atoms. The van der Waals surface area contributed by atoms with Crippen molar-refractivity contribution in [3.8, 4) is 0 Å². The average molecular weight is 216 g/mol. The molecule has 1 atom stereocenters. The summed E-state index contributed by atoms with van der Waals surface area (Å²) in [5, 5.41) is 1.64. The van der Waals surface area contributed by atoms with Crippen LogP contribution in [0.2, 0.25) is 0 Å². The number of hydrazine groups is 1. The quantitative estimate of drug-likeness (QED) is 0.787. The molecular formula is C13H16N2O. The van der Waals surface area contributed by atoms with Crippen LogP contribution in [0.25, 0.3) is 0 Å². The molecule has 0 radical (unpaired) electrons. The van der Waals surface area contributed by atoms with Crippen LogP contribution in [0.3, 0.4) is 0 Å². The first-order chi connectivity index (χ1) is 7.77. The number of hydrogen-bond acceptors (Lipinski definition) is 3. The molecule has 0 saturated carbocycles. The average Bonchev–Trinajstić information content (AvgIpc) is 2.32. The van der Waals surface area contributed by atoms with E-state index in [9.17, 15) is 0 Å². The maximum absolute atomic E-state index is 5.76. The standard InChI is InChI=1S/C13H16N2O/c1-11-13(8-5-9-15(11)14)16-10-12-6-3-2-4-7-12/h2-9,11H,10,14H2,1H3. The predicted octanol–water partition coefficient (Wildman–Crippen LogP) is 2.18. The molecule has 1 unspecified atom stereocenters. The van der Waals surface area contributed by atoms with Crippen molar-refractivity contribution in [1.29, 1.82) is 0 Å². The molecule has 3 nitrogen and oxygen atoms in total. The van der Waals surface area contributed by atoms with Gasteiger partial charge in [0.1, 0.15) is 12.4 Å². The molecule has 1 aromatic rings. The fourth-order valence-corrected chi connectivity index (χ4v) is 1.56. The number of rotatable bonds is 3. The van der Waals surface area contributed by atoms with Crippen LogP contribution in [-0.4, -0.2) is 11.1 Å². The van der Waals surface area contributed by atoms with Crippen molar-refractivity contribution in [1.82, 2.24) is 5.01 Å². The van der Waals surface area contributed by atoms with E-state index in [1.165, 1.54) is 0 Å². The minimum absolute atomic E-state index is 0.0914. The third-order valence-electron chi connectivity index (χ3n) is 2.63. The smallest absolute Gasteiger partial charge is 0.120 e. The zero-order valence-electron chi connectivity index (χ0n) is 9.34. The Bertz CT molecular complexity index is 398. The highest BCUT2D eigenvalue weighted by atomic mass is 16.5. The fourth-order valence-electron chi connectivity index (χ4n) is 1.56. The summed E-state index contributed by atoms with van der Waals surface area (Å²) in [6.07, 6.45) is 5.68. The van der Waals surface area contributed by atoms with E-state index in [1.54, 1.807) is 5.01 Å². The second kappa shape index (κ2) is 4.86. The Morgan fingerprint density at radius 1 is 1.31 bits per heavy atom. The summed E-state index contributed by atoms with van der Waals surface area (Å²) >= 11 is 0. The Morgan fingerprint density at radius 2 is 2.06 bits per heavy atom.